The Hall–Kier alpha value is -1.19. The van der Waals surface area contributed by atoms with E-state index in [4.69, 9.17) is 0 Å². The molecule has 1 N–H and O–H groups in total. The largest absolute Gasteiger partial charge is 0.470 e. The SMILES string of the molecule is CCNc1ncnc(OCC(F)(F)C(F)(F)F)c1Br. The van der Waals surface area contributed by atoms with E-state index in [-0.39, 0.29) is 10.3 Å². The molecule has 19 heavy (non-hydrogen) atoms. The summed E-state index contributed by atoms with van der Waals surface area (Å²) in [7, 11) is 0. The quantitative estimate of drug-likeness (QED) is 0.829. The Morgan fingerprint density at radius 2 is 1.89 bits per heavy atom. The van der Waals surface area contributed by atoms with E-state index < -0.39 is 24.6 Å². The van der Waals surface area contributed by atoms with Gasteiger partial charge in [0, 0.05) is 6.54 Å². The molecule has 0 saturated carbocycles. The van der Waals surface area contributed by atoms with Gasteiger partial charge in [0.2, 0.25) is 5.88 Å². The second-order valence-electron chi connectivity index (χ2n) is 3.36. The zero-order chi connectivity index (χ0) is 14.7. The van der Waals surface area contributed by atoms with E-state index in [1.54, 1.807) is 6.92 Å². The number of hydrogen-bond acceptors (Lipinski definition) is 4. The summed E-state index contributed by atoms with van der Waals surface area (Å²) in [4.78, 5) is 7.25. The maximum Gasteiger partial charge on any atom is 0.456 e. The average molecular weight is 350 g/mol. The molecule has 0 amide bonds. The number of nitrogens with one attached hydrogen (secondary N) is 1. The van der Waals surface area contributed by atoms with Crippen molar-refractivity contribution in [3.05, 3.63) is 10.8 Å². The van der Waals surface area contributed by atoms with Gasteiger partial charge < -0.3 is 10.1 Å². The molecule has 0 aliphatic heterocycles. The third-order valence-electron chi connectivity index (χ3n) is 1.91. The average Bonchev–Trinajstić information content (AvgIpc) is 2.29. The van der Waals surface area contributed by atoms with Gasteiger partial charge in [-0.2, -0.15) is 22.0 Å². The molecule has 0 unspecified atom stereocenters. The van der Waals surface area contributed by atoms with Crippen molar-refractivity contribution in [2.45, 2.75) is 19.0 Å². The van der Waals surface area contributed by atoms with Gasteiger partial charge in [-0.3, -0.25) is 0 Å². The van der Waals surface area contributed by atoms with Gasteiger partial charge in [-0.1, -0.05) is 0 Å². The van der Waals surface area contributed by atoms with Gasteiger partial charge in [-0.05, 0) is 22.9 Å². The molecule has 1 aromatic rings. The van der Waals surface area contributed by atoms with Crippen LogP contribution in [0, 0.1) is 0 Å². The minimum atomic E-state index is -5.67. The number of nitrogens with zero attached hydrogens (tertiary/aromatic N) is 2. The van der Waals surface area contributed by atoms with Crippen molar-refractivity contribution in [2.24, 2.45) is 0 Å². The van der Waals surface area contributed by atoms with Crippen LogP contribution in [0.5, 0.6) is 5.88 Å². The predicted molar refractivity (Wildman–Crippen MR) is 60.4 cm³/mol. The lowest BCUT2D eigenvalue weighted by molar-refractivity contribution is -0.290. The molecule has 0 radical (unpaired) electrons. The number of rotatable bonds is 5. The summed E-state index contributed by atoms with van der Waals surface area (Å²) in [5.41, 5.74) is 0. The number of ether oxygens (including phenoxy) is 1. The molecule has 0 spiro atoms. The summed E-state index contributed by atoms with van der Waals surface area (Å²) >= 11 is 2.96. The molecule has 0 saturated heterocycles. The maximum absolute atomic E-state index is 12.7. The fourth-order valence-electron chi connectivity index (χ4n) is 0.986. The van der Waals surface area contributed by atoms with Gasteiger partial charge in [0.05, 0.1) is 0 Å². The lowest BCUT2D eigenvalue weighted by Gasteiger charge is -2.19. The lowest BCUT2D eigenvalue weighted by Crippen LogP contribution is -2.41. The first-order valence-corrected chi connectivity index (χ1v) is 5.80. The molecule has 1 rings (SSSR count). The predicted octanol–water partition coefficient (Wildman–Crippen LogP) is 3.25. The molecule has 1 aromatic heterocycles. The summed E-state index contributed by atoms with van der Waals surface area (Å²) < 4.78 is 65.7. The fourth-order valence-corrected chi connectivity index (χ4v) is 1.45. The van der Waals surface area contributed by atoms with Crippen LogP contribution in [0.4, 0.5) is 27.8 Å². The smallest absolute Gasteiger partial charge is 0.456 e. The van der Waals surface area contributed by atoms with Crippen molar-refractivity contribution in [1.82, 2.24) is 9.97 Å². The molecule has 0 fully saturated rings. The van der Waals surface area contributed by atoms with Crippen molar-refractivity contribution >= 4 is 21.7 Å². The number of alkyl halides is 5. The number of anilines is 1. The second kappa shape index (κ2) is 5.85. The molecule has 1 heterocycles. The van der Waals surface area contributed by atoms with Gasteiger partial charge in [-0.15, -0.1) is 0 Å². The summed E-state index contributed by atoms with van der Waals surface area (Å²) in [6.45, 7) is 0.387. The van der Waals surface area contributed by atoms with Crippen LogP contribution >= 0.6 is 15.9 Å². The van der Waals surface area contributed by atoms with Gasteiger partial charge in [0.1, 0.15) is 16.6 Å². The van der Waals surface area contributed by atoms with E-state index >= 15 is 0 Å². The molecule has 108 valence electrons. The van der Waals surface area contributed by atoms with Crippen molar-refractivity contribution in [3.8, 4) is 5.88 Å². The summed E-state index contributed by atoms with van der Waals surface area (Å²) in [6, 6.07) is 0. The van der Waals surface area contributed by atoms with E-state index in [2.05, 4.69) is 36.0 Å². The van der Waals surface area contributed by atoms with Crippen molar-refractivity contribution in [3.63, 3.8) is 0 Å². The zero-order valence-electron chi connectivity index (χ0n) is 9.56. The lowest BCUT2D eigenvalue weighted by atomic mass is 10.3. The molecule has 0 aromatic carbocycles. The molecular weight excluding hydrogens is 341 g/mol. The first kappa shape index (κ1) is 15.9. The summed E-state index contributed by atoms with van der Waals surface area (Å²) in [6.07, 6.45) is -4.68. The summed E-state index contributed by atoms with van der Waals surface area (Å²) in [5.74, 6) is -5.10. The highest BCUT2D eigenvalue weighted by molar-refractivity contribution is 9.10. The minimum absolute atomic E-state index is 0.0785. The fraction of sp³-hybridized carbons (Fsp3) is 0.556. The first-order chi connectivity index (χ1) is 8.69. The highest BCUT2D eigenvalue weighted by Gasteiger charge is 2.58. The Bertz CT molecular complexity index is 440. The second-order valence-corrected chi connectivity index (χ2v) is 4.16. The van der Waals surface area contributed by atoms with E-state index in [0.29, 0.717) is 6.54 Å². The van der Waals surface area contributed by atoms with Gasteiger partial charge in [-0.25, -0.2) is 9.97 Å². The van der Waals surface area contributed by atoms with Crippen LogP contribution in [0.25, 0.3) is 0 Å². The van der Waals surface area contributed by atoms with E-state index in [1.807, 2.05) is 0 Å². The minimum Gasteiger partial charge on any atom is -0.470 e. The Morgan fingerprint density at radius 1 is 1.26 bits per heavy atom. The Labute approximate surface area is 113 Å². The zero-order valence-corrected chi connectivity index (χ0v) is 11.1. The normalized spacial score (nSPS) is 12.4. The van der Waals surface area contributed by atoms with E-state index in [9.17, 15) is 22.0 Å². The van der Waals surface area contributed by atoms with Crippen molar-refractivity contribution in [1.29, 1.82) is 0 Å². The third kappa shape index (κ3) is 3.88. The topological polar surface area (TPSA) is 47.0 Å². The standard InChI is InChI=1S/C9H9BrF5N3O/c1-2-16-6-5(10)7(18-4-17-6)19-3-8(11,12)9(13,14)15/h4H,2-3H2,1H3,(H,16,17,18). The molecular formula is C9H9BrF5N3O. The molecule has 10 heteroatoms. The molecule has 0 atom stereocenters. The first-order valence-electron chi connectivity index (χ1n) is 5.00. The number of halogens is 6. The third-order valence-corrected chi connectivity index (χ3v) is 2.62. The van der Waals surface area contributed by atoms with Gasteiger partial charge in [0.25, 0.3) is 0 Å². The Morgan fingerprint density at radius 3 is 2.42 bits per heavy atom. The highest BCUT2D eigenvalue weighted by Crippen LogP contribution is 2.36. The molecule has 0 aliphatic rings. The van der Waals surface area contributed by atoms with Crippen LogP contribution in [-0.4, -0.2) is 35.2 Å². The van der Waals surface area contributed by atoms with E-state index in [1.165, 1.54) is 0 Å². The van der Waals surface area contributed by atoms with Crippen LogP contribution in [-0.2, 0) is 0 Å². The van der Waals surface area contributed by atoms with Crippen LogP contribution < -0.4 is 10.1 Å². The van der Waals surface area contributed by atoms with Crippen LogP contribution in [0.15, 0.2) is 10.8 Å². The van der Waals surface area contributed by atoms with Crippen LogP contribution in [0.2, 0.25) is 0 Å². The maximum atomic E-state index is 12.7. The summed E-state index contributed by atoms with van der Waals surface area (Å²) in [5, 5.41) is 2.76. The Balaban J connectivity index is 2.81. The van der Waals surface area contributed by atoms with E-state index in [0.717, 1.165) is 6.33 Å². The van der Waals surface area contributed by atoms with Gasteiger partial charge in [0.15, 0.2) is 6.61 Å². The Kier molecular flexibility index (Phi) is 4.88. The van der Waals surface area contributed by atoms with Crippen LogP contribution in [0.3, 0.4) is 0 Å². The number of aromatic nitrogens is 2. The van der Waals surface area contributed by atoms with Crippen molar-refractivity contribution < 1.29 is 26.7 Å². The van der Waals surface area contributed by atoms with Crippen molar-refractivity contribution in [2.75, 3.05) is 18.5 Å². The van der Waals surface area contributed by atoms with Crippen LogP contribution in [0.1, 0.15) is 6.92 Å². The number of hydrogen-bond donors (Lipinski definition) is 1. The monoisotopic (exact) mass is 349 g/mol. The molecule has 0 aliphatic carbocycles. The molecule has 4 nitrogen and oxygen atoms in total. The highest BCUT2D eigenvalue weighted by atomic mass is 79.9. The molecule has 0 bridgehead atoms. The van der Waals surface area contributed by atoms with Gasteiger partial charge >= 0.3 is 12.1 Å².